The third-order valence-electron chi connectivity index (χ3n) is 4.37. The van der Waals surface area contributed by atoms with Gasteiger partial charge in [0.15, 0.2) is 6.10 Å². The largest absolute Gasteiger partial charge is 0.449 e. The van der Waals surface area contributed by atoms with Gasteiger partial charge in [0.1, 0.15) is 0 Å². The zero-order valence-electron chi connectivity index (χ0n) is 17.7. The first kappa shape index (κ1) is 24.1. The molecule has 0 bridgehead atoms. The first-order valence-electron chi connectivity index (χ1n) is 9.56. The van der Waals surface area contributed by atoms with Crippen molar-refractivity contribution in [3.8, 4) is 0 Å². The van der Waals surface area contributed by atoms with E-state index in [1.165, 1.54) is 31.2 Å². The number of carbonyl (C=O) groups is 2. The number of benzene rings is 1. The molecule has 2 atom stereocenters. The van der Waals surface area contributed by atoms with E-state index in [1.54, 1.807) is 11.8 Å². The predicted molar refractivity (Wildman–Crippen MR) is 109 cm³/mol. The third-order valence-corrected chi connectivity index (χ3v) is 5.97. The molecule has 0 radical (unpaired) electrons. The minimum Gasteiger partial charge on any atom is -0.449 e. The van der Waals surface area contributed by atoms with Crippen LogP contribution in [0.2, 0.25) is 0 Å². The van der Waals surface area contributed by atoms with Gasteiger partial charge in [0, 0.05) is 18.1 Å². The maximum Gasteiger partial charge on any atom is 0.338 e. The first-order valence-corrected chi connectivity index (χ1v) is 11.0. The third kappa shape index (κ3) is 6.31. The van der Waals surface area contributed by atoms with Gasteiger partial charge in [0.05, 0.1) is 10.5 Å². The van der Waals surface area contributed by atoms with Crippen molar-refractivity contribution in [1.82, 2.24) is 9.62 Å². The number of rotatable bonds is 9. The number of hydrogen-bond donors (Lipinski definition) is 1. The van der Waals surface area contributed by atoms with E-state index in [0.29, 0.717) is 6.42 Å². The van der Waals surface area contributed by atoms with Crippen LogP contribution < -0.4 is 4.72 Å². The van der Waals surface area contributed by atoms with Crippen molar-refractivity contribution < 1.29 is 22.7 Å². The first-order chi connectivity index (χ1) is 12.9. The number of nitrogens with zero attached hydrogens (tertiary/aromatic N) is 1. The van der Waals surface area contributed by atoms with E-state index < -0.39 is 22.1 Å². The monoisotopic (exact) mass is 412 g/mol. The summed E-state index contributed by atoms with van der Waals surface area (Å²) in [6.07, 6.45) is -0.271. The number of hydrogen-bond acceptors (Lipinski definition) is 5. The fourth-order valence-corrected chi connectivity index (χ4v) is 4.11. The molecule has 1 aromatic carbocycles. The number of esters is 1. The van der Waals surface area contributed by atoms with Gasteiger partial charge in [-0.05, 0) is 72.2 Å². The van der Waals surface area contributed by atoms with Gasteiger partial charge < -0.3 is 9.64 Å². The second-order valence-electron chi connectivity index (χ2n) is 7.44. The molecule has 0 saturated carbocycles. The van der Waals surface area contributed by atoms with Crippen LogP contribution in [-0.4, -0.2) is 49.4 Å². The molecule has 1 rings (SSSR count). The smallest absolute Gasteiger partial charge is 0.338 e. The number of carbonyl (C=O) groups excluding carboxylic acids is 2. The van der Waals surface area contributed by atoms with Gasteiger partial charge in [0.25, 0.3) is 5.91 Å². The Morgan fingerprint density at radius 2 is 1.50 bits per heavy atom. The Hall–Kier alpha value is -1.93. The second-order valence-corrected chi connectivity index (χ2v) is 9.15. The van der Waals surface area contributed by atoms with Crippen LogP contribution in [0.4, 0.5) is 0 Å². The number of nitrogens with one attached hydrogen (secondary N) is 1. The van der Waals surface area contributed by atoms with Crippen LogP contribution in [-0.2, 0) is 19.6 Å². The summed E-state index contributed by atoms with van der Waals surface area (Å²) < 4.78 is 32.4. The average Bonchev–Trinajstić information content (AvgIpc) is 2.60. The molecule has 8 heteroatoms. The Balaban J connectivity index is 2.87. The van der Waals surface area contributed by atoms with Crippen molar-refractivity contribution in [3.05, 3.63) is 29.8 Å². The molecule has 1 N–H and O–H groups in total. The lowest BCUT2D eigenvalue weighted by Gasteiger charge is -2.32. The molecule has 0 unspecified atom stereocenters. The summed E-state index contributed by atoms with van der Waals surface area (Å²) in [7, 11) is -3.64. The highest BCUT2D eigenvalue weighted by atomic mass is 32.2. The summed E-state index contributed by atoms with van der Waals surface area (Å²) >= 11 is 0. The Morgan fingerprint density at radius 3 is 1.93 bits per heavy atom. The highest BCUT2D eigenvalue weighted by Gasteiger charge is 2.28. The Kier molecular flexibility index (Phi) is 8.63. The van der Waals surface area contributed by atoms with Crippen molar-refractivity contribution in [3.63, 3.8) is 0 Å². The Morgan fingerprint density at radius 1 is 1.00 bits per heavy atom. The van der Waals surface area contributed by atoms with E-state index in [9.17, 15) is 18.0 Å². The lowest BCUT2D eigenvalue weighted by atomic mass is 10.2. The summed E-state index contributed by atoms with van der Waals surface area (Å²) in [6.45, 7) is 12.8. The van der Waals surface area contributed by atoms with Crippen molar-refractivity contribution in [2.24, 2.45) is 0 Å². The standard InChI is InChI=1S/C20H32N2O5S/c1-8-15(6)21-28(25,26)18-11-9-17(10-12-18)20(24)27-16(7)19(23)22(13(2)3)14(4)5/h9-16,21H,8H2,1-7H3/t15-,16-/m1/s1. The zero-order chi connectivity index (χ0) is 21.6. The van der Waals surface area contributed by atoms with Gasteiger partial charge in [-0.25, -0.2) is 17.9 Å². The topological polar surface area (TPSA) is 92.8 Å². The molecule has 1 aromatic rings. The molecular formula is C20H32N2O5S. The summed E-state index contributed by atoms with van der Waals surface area (Å²) in [5.41, 5.74) is 0.183. The fraction of sp³-hybridized carbons (Fsp3) is 0.600. The lowest BCUT2D eigenvalue weighted by Crippen LogP contribution is -2.47. The molecule has 0 aliphatic rings. The van der Waals surface area contributed by atoms with Gasteiger partial charge >= 0.3 is 5.97 Å². The van der Waals surface area contributed by atoms with E-state index in [2.05, 4.69) is 4.72 Å². The molecule has 0 aliphatic heterocycles. The van der Waals surface area contributed by atoms with Crippen molar-refractivity contribution in [2.45, 2.75) is 84.0 Å². The lowest BCUT2D eigenvalue weighted by molar-refractivity contribution is -0.143. The van der Waals surface area contributed by atoms with E-state index in [4.69, 9.17) is 4.74 Å². The molecule has 0 aliphatic carbocycles. The Labute approximate surface area is 168 Å². The summed E-state index contributed by atoms with van der Waals surface area (Å²) in [5.74, 6) is -0.942. The van der Waals surface area contributed by atoms with Crippen LogP contribution in [0.15, 0.2) is 29.2 Å². The van der Waals surface area contributed by atoms with Crippen LogP contribution in [0, 0.1) is 0 Å². The van der Waals surface area contributed by atoms with Gasteiger partial charge in [-0.2, -0.15) is 0 Å². The van der Waals surface area contributed by atoms with Crippen LogP contribution in [0.3, 0.4) is 0 Å². The van der Waals surface area contributed by atoms with Crippen molar-refractivity contribution >= 4 is 21.9 Å². The zero-order valence-corrected chi connectivity index (χ0v) is 18.5. The maximum absolute atomic E-state index is 12.6. The van der Waals surface area contributed by atoms with Gasteiger partial charge in [0.2, 0.25) is 10.0 Å². The highest BCUT2D eigenvalue weighted by molar-refractivity contribution is 7.89. The minimum atomic E-state index is -3.64. The fourth-order valence-electron chi connectivity index (χ4n) is 2.78. The molecule has 0 spiro atoms. The molecule has 0 aromatic heterocycles. The number of ether oxygens (including phenoxy) is 1. The van der Waals surface area contributed by atoms with Crippen molar-refractivity contribution in [1.29, 1.82) is 0 Å². The number of sulfonamides is 1. The number of amides is 1. The average molecular weight is 413 g/mol. The van der Waals surface area contributed by atoms with Gasteiger partial charge in [-0.15, -0.1) is 0 Å². The predicted octanol–water partition coefficient (Wildman–Crippen LogP) is 2.95. The molecule has 0 saturated heterocycles. The molecule has 7 nitrogen and oxygen atoms in total. The molecule has 0 heterocycles. The van der Waals surface area contributed by atoms with Crippen LogP contribution in [0.25, 0.3) is 0 Å². The van der Waals surface area contributed by atoms with E-state index in [-0.39, 0.29) is 34.5 Å². The molecule has 158 valence electrons. The quantitative estimate of drug-likeness (QED) is 0.630. The molecular weight excluding hydrogens is 380 g/mol. The maximum atomic E-state index is 12.6. The molecule has 28 heavy (non-hydrogen) atoms. The summed E-state index contributed by atoms with van der Waals surface area (Å²) in [4.78, 5) is 26.6. The SMILES string of the molecule is CC[C@@H](C)NS(=O)(=O)c1ccc(C(=O)O[C@H](C)C(=O)N(C(C)C)C(C)C)cc1. The summed E-state index contributed by atoms with van der Waals surface area (Å²) in [5, 5.41) is 0. The van der Waals surface area contributed by atoms with E-state index in [0.717, 1.165) is 0 Å². The van der Waals surface area contributed by atoms with Crippen LogP contribution in [0.1, 0.15) is 65.2 Å². The van der Waals surface area contributed by atoms with Crippen LogP contribution in [0.5, 0.6) is 0 Å². The van der Waals surface area contributed by atoms with Gasteiger partial charge in [-0.3, -0.25) is 4.79 Å². The second kappa shape index (κ2) is 10.0. The Bertz CT molecular complexity index is 764. The van der Waals surface area contributed by atoms with Gasteiger partial charge in [-0.1, -0.05) is 6.92 Å². The van der Waals surface area contributed by atoms with E-state index in [1.807, 2.05) is 34.6 Å². The van der Waals surface area contributed by atoms with Crippen LogP contribution >= 0.6 is 0 Å². The van der Waals surface area contributed by atoms with Crippen molar-refractivity contribution in [2.75, 3.05) is 0 Å². The highest BCUT2D eigenvalue weighted by Crippen LogP contribution is 2.15. The molecule has 1 amide bonds. The normalized spacial score (nSPS) is 14.0. The molecule has 0 fully saturated rings. The summed E-state index contributed by atoms with van der Waals surface area (Å²) in [6, 6.07) is 5.24. The van der Waals surface area contributed by atoms with E-state index >= 15 is 0 Å². The minimum absolute atomic E-state index is 0.0174.